The van der Waals surface area contributed by atoms with Crippen LogP contribution in [0.4, 0.5) is 0 Å². The third kappa shape index (κ3) is 3.44. The zero-order valence-corrected chi connectivity index (χ0v) is 11.0. The lowest BCUT2D eigenvalue weighted by Crippen LogP contribution is -2.40. The Balaban J connectivity index is 2.37. The predicted molar refractivity (Wildman–Crippen MR) is 70.2 cm³/mol. The van der Waals surface area contributed by atoms with Crippen LogP contribution in [0.15, 0.2) is 0 Å². The minimum absolute atomic E-state index is 0.00243. The Bertz CT molecular complexity index is 274. The van der Waals surface area contributed by atoms with Crippen molar-refractivity contribution in [2.45, 2.75) is 46.0 Å². The Morgan fingerprint density at radius 3 is 2.50 bits per heavy atom. The van der Waals surface area contributed by atoms with E-state index in [-0.39, 0.29) is 11.8 Å². The van der Waals surface area contributed by atoms with Crippen LogP contribution < -0.4 is 11.1 Å². The quantitative estimate of drug-likeness (QED) is 0.671. The number of hydrogen-bond acceptors (Lipinski definition) is 2. The average Bonchev–Trinajstić information content (AvgIpc) is 2.97. The summed E-state index contributed by atoms with van der Waals surface area (Å²) >= 11 is 4.88. The maximum absolute atomic E-state index is 11.8. The van der Waals surface area contributed by atoms with Crippen LogP contribution in [-0.2, 0) is 4.79 Å². The molecule has 0 spiro atoms. The Labute approximate surface area is 103 Å². The maximum atomic E-state index is 11.8. The predicted octanol–water partition coefficient (Wildman–Crippen LogP) is 2.00. The van der Waals surface area contributed by atoms with E-state index in [1.54, 1.807) is 0 Å². The molecule has 92 valence electrons. The summed E-state index contributed by atoms with van der Waals surface area (Å²) in [6.45, 7) is 4.91. The monoisotopic (exact) mass is 242 g/mol. The van der Waals surface area contributed by atoms with Gasteiger partial charge in [-0.25, -0.2) is 0 Å². The molecular weight excluding hydrogens is 220 g/mol. The van der Waals surface area contributed by atoms with E-state index in [0.717, 1.165) is 6.54 Å². The van der Waals surface area contributed by atoms with Gasteiger partial charge in [-0.1, -0.05) is 32.5 Å². The smallest absolute Gasteiger partial charge is 0.229 e. The first-order valence-corrected chi connectivity index (χ1v) is 6.52. The minimum atomic E-state index is -0.299. The Kier molecular flexibility index (Phi) is 4.71. The first-order chi connectivity index (χ1) is 7.54. The van der Waals surface area contributed by atoms with E-state index in [2.05, 4.69) is 12.2 Å². The molecule has 0 bridgehead atoms. The standard InChI is InChI=1S/C12H22N2OS/c1-3-5-12(6-7-12)8-14-11(15)9(4-2)10(13)16/h9H,3-8H2,1-2H3,(H2,13,16)(H,14,15). The molecule has 1 aliphatic carbocycles. The second-order valence-corrected chi connectivity index (χ2v) is 5.30. The molecule has 1 rings (SSSR count). The van der Waals surface area contributed by atoms with E-state index in [1.165, 1.54) is 25.7 Å². The lowest BCUT2D eigenvalue weighted by atomic mass is 10.00. The topological polar surface area (TPSA) is 55.1 Å². The molecule has 1 fully saturated rings. The molecule has 0 aromatic carbocycles. The van der Waals surface area contributed by atoms with Crippen molar-refractivity contribution >= 4 is 23.1 Å². The van der Waals surface area contributed by atoms with Gasteiger partial charge in [0.1, 0.15) is 0 Å². The summed E-state index contributed by atoms with van der Waals surface area (Å²) in [7, 11) is 0. The fourth-order valence-electron chi connectivity index (χ4n) is 2.14. The van der Waals surface area contributed by atoms with Crippen LogP contribution in [0.25, 0.3) is 0 Å². The van der Waals surface area contributed by atoms with Crippen molar-refractivity contribution in [3.05, 3.63) is 0 Å². The zero-order valence-electron chi connectivity index (χ0n) is 10.2. The molecular formula is C12H22N2OS. The Morgan fingerprint density at radius 1 is 1.50 bits per heavy atom. The first-order valence-electron chi connectivity index (χ1n) is 6.11. The number of hydrogen-bond donors (Lipinski definition) is 2. The molecule has 3 N–H and O–H groups in total. The molecule has 1 amide bonds. The molecule has 4 heteroatoms. The highest BCUT2D eigenvalue weighted by Gasteiger charge is 2.41. The van der Waals surface area contributed by atoms with Gasteiger partial charge in [0, 0.05) is 6.54 Å². The first kappa shape index (κ1) is 13.4. The summed E-state index contributed by atoms with van der Waals surface area (Å²) in [5.74, 6) is -0.301. The van der Waals surface area contributed by atoms with Gasteiger partial charge in [0.05, 0.1) is 10.9 Å². The second kappa shape index (κ2) is 5.62. The van der Waals surface area contributed by atoms with Crippen molar-refractivity contribution in [2.24, 2.45) is 17.1 Å². The van der Waals surface area contributed by atoms with Gasteiger partial charge < -0.3 is 11.1 Å². The van der Waals surface area contributed by atoms with E-state index in [9.17, 15) is 4.79 Å². The van der Waals surface area contributed by atoms with Gasteiger partial charge in [-0.05, 0) is 31.1 Å². The lowest BCUT2D eigenvalue weighted by molar-refractivity contribution is -0.123. The molecule has 1 unspecified atom stereocenters. The number of thiocarbonyl (C=S) groups is 1. The van der Waals surface area contributed by atoms with Crippen molar-refractivity contribution in [3.63, 3.8) is 0 Å². The van der Waals surface area contributed by atoms with Crippen LogP contribution in [0.5, 0.6) is 0 Å². The van der Waals surface area contributed by atoms with Gasteiger partial charge >= 0.3 is 0 Å². The SMILES string of the molecule is CCCC1(CNC(=O)C(CC)C(N)=S)CC1. The third-order valence-electron chi connectivity index (χ3n) is 3.44. The number of rotatable bonds is 7. The molecule has 1 aliphatic rings. The van der Waals surface area contributed by atoms with E-state index >= 15 is 0 Å². The summed E-state index contributed by atoms with van der Waals surface area (Å²) in [5.41, 5.74) is 5.92. The van der Waals surface area contributed by atoms with Gasteiger partial charge in [0.2, 0.25) is 5.91 Å². The van der Waals surface area contributed by atoms with Crippen LogP contribution in [0, 0.1) is 11.3 Å². The van der Waals surface area contributed by atoms with E-state index in [4.69, 9.17) is 18.0 Å². The highest BCUT2D eigenvalue weighted by molar-refractivity contribution is 7.80. The minimum Gasteiger partial charge on any atom is -0.393 e. The highest BCUT2D eigenvalue weighted by atomic mass is 32.1. The zero-order chi connectivity index (χ0) is 12.2. The average molecular weight is 242 g/mol. The molecule has 0 heterocycles. The second-order valence-electron chi connectivity index (χ2n) is 4.83. The van der Waals surface area contributed by atoms with Crippen LogP contribution in [0.3, 0.4) is 0 Å². The molecule has 0 saturated heterocycles. The molecule has 0 aromatic rings. The van der Waals surface area contributed by atoms with Crippen LogP contribution in [0.1, 0.15) is 46.0 Å². The largest absolute Gasteiger partial charge is 0.393 e. The molecule has 1 atom stereocenters. The van der Waals surface area contributed by atoms with Gasteiger partial charge in [-0.3, -0.25) is 4.79 Å². The number of nitrogens with two attached hydrogens (primary N) is 1. The van der Waals surface area contributed by atoms with Gasteiger partial charge in [0.15, 0.2) is 0 Å². The van der Waals surface area contributed by atoms with E-state index in [1.807, 2.05) is 6.92 Å². The van der Waals surface area contributed by atoms with Gasteiger partial charge in [0.25, 0.3) is 0 Å². The van der Waals surface area contributed by atoms with Crippen LogP contribution in [-0.4, -0.2) is 17.4 Å². The Hall–Kier alpha value is -0.640. The van der Waals surface area contributed by atoms with Crippen molar-refractivity contribution in [2.75, 3.05) is 6.54 Å². The van der Waals surface area contributed by atoms with E-state index < -0.39 is 0 Å². The number of nitrogens with one attached hydrogen (secondary N) is 1. The third-order valence-corrected chi connectivity index (χ3v) is 3.73. The summed E-state index contributed by atoms with van der Waals surface area (Å²) in [6.07, 6.45) is 5.55. The molecule has 3 nitrogen and oxygen atoms in total. The van der Waals surface area contributed by atoms with Crippen LogP contribution in [0.2, 0.25) is 0 Å². The summed E-state index contributed by atoms with van der Waals surface area (Å²) in [4.78, 5) is 12.1. The summed E-state index contributed by atoms with van der Waals surface area (Å²) in [5, 5.41) is 3.00. The normalized spacial score (nSPS) is 18.9. The van der Waals surface area contributed by atoms with Crippen molar-refractivity contribution in [1.82, 2.24) is 5.32 Å². The fourth-order valence-corrected chi connectivity index (χ4v) is 2.41. The Morgan fingerprint density at radius 2 is 2.12 bits per heavy atom. The number of carbonyl (C=O) groups is 1. The lowest BCUT2D eigenvalue weighted by Gasteiger charge is -2.18. The summed E-state index contributed by atoms with van der Waals surface area (Å²) in [6, 6.07) is 0. The highest BCUT2D eigenvalue weighted by Crippen LogP contribution is 2.48. The van der Waals surface area contributed by atoms with Gasteiger partial charge in [-0.15, -0.1) is 0 Å². The molecule has 1 saturated carbocycles. The van der Waals surface area contributed by atoms with Crippen molar-refractivity contribution in [3.8, 4) is 0 Å². The van der Waals surface area contributed by atoms with E-state index in [0.29, 0.717) is 16.8 Å². The molecule has 0 aromatic heterocycles. The van der Waals surface area contributed by atoms with Crippen LogP contribution >= 0.6 is 12.2 Å². The summed E-state index contributed by atoms with van der Waals surface area (Å²) < 4.78 is 0. The molecule has 16 heavy (non-hydrogen) atoms. The van der Waals surface area contributed by atoms with Crippen molar-refractivity contribution in [1.29, 1.82) is 0 Å². The maximum Gasteiger partial charge on any atom is 0.229 e. The molecule has 0 radical (unpaired) electrons. The van der Waals surface area contributed by atoms with Crippen molar-refractivity contribution < 1.29 is 4.79 Å². The number of amides is 1. The number of carbonyl (C=O) groups excluding carboxylic acids is 1. The van der Waals surface area contributed by atoms with Gasteiger partial charge in [-0.2, -0.15) is 0 Å². The molecule has 0 aliphatic heterocycles. The fraction of sp³-hybridized carbons (Fsp3) is 0.833.